The molecule has 1 rings (SSSR count). The minimum Gasteiger partial charge on any atom is -0.378 e. The molecule has 1 unspecified atom stereocenters. The quantitative estimate of drug-likeness (QED) is 0.550. The maximum atomic E-state index is 12.0. The third-order valence-corrected chi connectivity index (χ3v) is 3.35. The molecule has 0 radical (unpaired) electrons. The van der Waals surface area contributed by atoms with Crippen LogP contribution < -0.4 is 11.1 Å². The number of nitrogens with one attached hydrogen (secondary N) is 1. The summed E-state index contributed by atoms with van der Waals surface area (Å²) in [6, 6.07) is 0. The average Bonchev–Trinajstić information content (AvgIpc) is 3.00. The van der Waals surface area contributed by atoms with E-state index >= 15 is 0 Å². The van der Waals surface area contributed by atoms with Crippen molar-refractivity contribution in [3.63, 3.8) is 0 Å². The van der Waals surface area contributed by atoms with Crippen LogP contribution in [-0.4, -0.2) is 47.2 Å². The third-order valence-electron chi connectivity index (χ3n) is 3.35. The van der Waals surface area contributed by atoms with Crippen molar-refractivity contribution in [2.45, 2.75) is 39.2 Å². The van der Waals surface area contributed by atoms with Gasteiger partial charge in [-0.05, 0) is 25.8 Å². The van der Waals surface area contributed by atoms with E-state index in [9.17, 15) is 4.79 Å². The summed E-state index contributed by atoms with van der Waals surface area (Å²) in [4.78, 5) is 12.0. The monoisotopic (exact) mass is 297 g/mol. The number of ether oxygens (including phenoxy) is 1. The van der Waals surface area contributed by atoms with Crippen molar-refractivity contribution in [3.05, 3.63) is 12.4 Å². The first-order chi connectivity index (χ1) is 10.3. The summed E-state index contributed by atoms with van der Waals surface area (Å²) in [6.45, 7) is 5.03. The van der Waals surface area contributed by atoms with Crippen molar-refractivity contribution < 1.29 is 9.53 Å². The lowest BCUT2D eigenvalue weighted by Crippen LogP contribution is -2.33. The molecule has 7 heteroatoms. The molecule has 0 saturated heterocycles. The molecule has 21 heavy (non-hydrogen) atoms. The molecule has 1 heterocycles. The Morgan fingerprint density at radius 3 is 2.95 bits per heavy atom. The van der Waals surface area contributed by atoms with Gasteiger partial charge in [0, 0.05) is 18.7 Å². The molecule has 120 valence electrons. The smallest absolute Gasteiger partial charge is 0.223 e. The Balaban J connectivity index is 2.03. The Labute approximate surface area is 126 Å². The molecule has 0 saturated carbocycles. The number of nitrogens with two attached hydrogens (primary N) is 1. The molecule has 0 aliphatic carbocycles. The van der Waals surface area contributed by atoms with E-state index in [1.165, 1.54) is 0 Å². The highest BCUT2D eigenvalue weighted by atomic mass is 16.5. The fourth-order valence-corrected chi connectivity index (χ4v) is 2.06. The van der Waals surface area contributed by atoms with Crippen molar-refractivity contribution in [1.29, 1.82) is 0 Å². The van der Waals surface area contributed by atoms with Crippen LogP contribution in [0, 0.1) is 5.92 Å². The average molecular weight is 297 g/mol. The minimum atomic E-state index is 0.0895. The van der Waals surface area contributed by atoms with E-state index in [0.717, 1.165) is 25.7 Å². The number of amides is 1. The SMILES string of the molecule is CCC(CCCCN)C(=O)NCCOCCn1ccnn1. The van der Waals surface area contributed by atoms with Gasteiger partial charge in [0.05, 0.1) is 26.0 Å². The van der Waals surface area contributed by atoms with Crippen molar-refractivity contribution >= 4 is 5.91 Å². The van der Waals surface area contributed by atoms with Gasteiger partial charge >= 0.3 is 0 Å². The molecule has 1 atom stereocenters. The van der Waals surface area contributed by atoms with Gasteiger partial charge in [0.2, 0.25) is 5.91 Å². The Morgan fingerprint density at radius 2 is 2.29 bits per heavy atom. The van der Waals surface area contributed by atoms with Crippen LogP contribution in [-0.2, 0) is 16.1 Å². The van der Waals surface area contributed by atoms with Crippen LogP contribution in [0.5, 0.6) is 0 Å². The molecule has 1 aromatic heterocycles. The van der Waals surface area contributed by atoms with E-state index in [1.54, 1.807) is 17.1 Å². The number of aromatic nitrogens is 3. The van der Waals surface area contributed by atoms with Gasteiger partial charge in [0.15, 0.2) is 0 Å². The number of unbranched alkanes of at least 4 members (excludes halogenated alkanes) is 1. The van der Waals surface area contributed by atoms with Gasteiger partial charge in [0.25, 0.3) is 0 Å². The molecule has 0 bridgehead atoms. The number of hydrogen-bond donors (Lipinski definition) is 2. The van der Waals surface area contributed by atoms with Crippen molar-refractivity contribution in [2.75, 3.05) is 26.3 Å². The molecule has 0 aliphatic rings. The predicted octanol–water partition coefficient (Wildman–Crippen LogP) is 0.566. The first-order valence-corrected chi connectivity index (χ1v) is 7.67. The lowest BCUT2D eigenvalue weighted by atomic mass is 9.98. The normalized spacial score (nSPS) is 12.3. The van der Waals surface area contributed by atoms with Crippen molar-refractivity contribution in [1.82, 2.24) is 20.3 Å². The third kappa shape index (κ3) is 7.77. The van der Waals surface area contributed by atoms with Crippen LogP contribution in [0.1, 0.15) is 32.6 Å². The van der Waals surface area contributed by atoms with Crippen LogP contribution in [0.15, 0.2) is 12.4 Å². The fraction of sp³-hybridized carbons (Fsp3) is 0.786. The largest absolute Gasteiger partial charge is 0.378 e. The van der Waals surface area contributed by atoms with Crippen LogP contribution in [0.4, 0.5) is 0 Å². The van der Waals surface area contributed by atoms with Crippen molar-refractivity contribution in [3.8, 4) is 0 Å². The molecule has 0 aromatic carbocycles. The fourth-order valence-electron chi connectivity index (χ4n) is 2.06. The van der Waals surface area contributed by atoms with E-state index < -0.39 is 0 Å². The molecule has 0 aliphatic heterocycles. The first kappa shape index (κ1) is 17.6. The summed E-state index contributed by atoms with van der Waals surface area (Å²) in [5.74, 6) is 0.209. The summed E-state index contributed by atoms with van der Waals surface area (Å²) >= 11 is 0. The zero-order chi connectivity index (χ0) is 15.3. The number of rotatable bonds is 12. The van der Waals surface area contributed by atoms with Gasteiger partial charge in [0.1, 0.15) is 0 Å². The molecule has 0 spiro atoms. The lowest BCUT2D eigenvalue weighted by molar-refractivity contribution is -0.125. The molecular weight excluding hydrogens is 270 g/mol. The summed E-state index contributed by atoms with van der Waals surface area (Å²) in [7, 11) is 0. The summed E-state index contributed by atoms with van der Waals surface area (Å²) in [6.07, 6.45) is 7.19. The second-order valence-corrected chi connectivity index (χ2v) is 4.96. The Hall–Kier alpha value is -1.47. The van der Waals surface area contributed by atoms with Crippen LogP contribution in [0.2, 0.25) is 0 Å². The highest BCUT2D eigenvalue weighted by Crippen LogP contribution is 2.12. The topological polar surface area (TPSA) is 95.1 Å². The Morgan fingerprint density at radius 1 is 1.43 bits per heavy atom. The van der Waals surface area contributed by atoms with Gasteiger partial charge in [-0.25, -0.2) is 0 Å². The lowest BCUT2D eigenvalue weighted by Gasteiger charge is -2.14. The molecule has 3 N–H and O–H groups in total. The second-order valence-electron chi connectivity index (χ2n) is 4.96. The highest BCUT2D eigenvalue weighted by molar-refractivity contribution is 5.78. The minimum absolute atomic E-state index is 0.0895. The van der Waals surface area contributed by atoms with E-state index in [2.05, 4.69) is 15.6 Å². The van der Waals surface area contributed by atoms with E-state index in [-0.39, 0.29) is 11.8 Å². The van der Waals surface area contributed by atoms with Gasteiger partial charge in [-0.15, -0.1) is 5.10 Å². The maximum Gasteiger partial charge on any atom is 0.223 e. The Bertz CT molecular complexity index is 369. The summed E-state index contributed by atoms with van der Waals surface area (Å²) in [5, 5.41) is 10.5. The first-order valence-electron chi connectivity index (χ1n) is 7.67. The zero-order valence-corrected chi connectivity index (χ0v) is 12.8. The van der Waals surface area contributed by atoms with E-state index in [1.807, 2.05) is 6.92 Å². The van der Waals surface area contributed by atoms with Gasteiger partial charge < -0.3 is 15.8 Å². The Kier molecular flexibility index (Phi) is 9.39. The summed E-state index contributed by atoms with van der Waals surface area (Å²) in [5.41, 5.74) is 5.47. The maximum absolute atomic E-state index is 12.0. The van der Waals surface area contributed by atoms with Crippen LogP contribution in [0.25, 0.3) is 0 Å². The molecule has 1 aromatic rings. The molecular formula is C14H27N5O2. The molecule has 0 fully saturated rings. The standard InChI is InChI=1S/C14H27N5O2/c1-2-13(5-3-4-6-15)14(20)16-8-11-21-12-10-19-9-7-17-18-19/h7,9,13H,2-6,8,10-12,15H2,1H3,(H,16,20). The molecule has 1 amide bonds. The second kappa shape index (κ2) is 11.2. The predicted molar refractivity (Wildman–Crippen MR) is 80.5 cm³/mol. The summed E-state index contributed by atoms with van der Waals surface area (Å²) < 4.78 is 7.16. The van der Waals surface area contributed by atoms with E-state index in [4.69, 9.17) is 10.5 Å². The zero-order valence-electron chi connectivity index (χ0n) is 12.8. The van der Waals surface area contributed by atoms with Crippen LogP contribution >= 0.6 is 0 Å². The van der Waals surface area contributed by atoms with Gasteiger partial charge in [-0.2, -0.15) is 0 Å². The molecule has 7 nitrogen and oxygen atoms in total. The highest BCUT2D eigenvalue weighted by Gasteiger charge is 2.14. The van der Waals surface area contributed by atoms with Gasteiger partial charge in [-0.1, -0.05) is 18.6 Å². The van der Waals surface area contributed by atoms with Gasteiger partial charge in [-0.3, -0.25) is 9.48 Å². The number of hydrogen-bond acceptors (Lipinski definition) is 5. The van der Waals surface area contributed by atoms with Crippen LogP contribution in [0.3, 0.4) is 0 Å². The number of carbonyl (C=O) groups is 1. The van der Waals surface area contributed by atoms with Crippen molar-refractivity contribution in [2.24, 2.45) is 11.7 Å². The number of nitrogens with zero attached hydrogens (tertiary/aromatic N) is 3. The number of carbonyl (C=O) groups excluding carboxylic acids is 1. The van der Waals surface area contributed by atoms with E-state index in [0.29, 0.717) is 32.8 Å².